The molecule has 0 heterocycles. The van der Waals surface area contributed by atoms with Crippen LogP contribution in [0.3, 0.4) is 0 Å². The molecule has 0 radical (unpaired) electrons. The predicted molar refractivity (Wildman–Crippen MR) is 82.3 cm³/mol. The second kappa shape index (κ2) is 7.55. The van der Waals surface area contributed by atoms with E-state index in [-0.39, 0.29) is 5.91 Å². The maximum absolute atomic E-state index is 11.7. The maximum atomic E-state index is 11.7. The Bertz CT molecular complexity index is 616. The number of hydrogen-bond donors (Lipinski definition) is 1. The highest BCUT2D eigenvalue weighted by atomic mass is 35.5. The van der Waals surface area contributed by atoms with Gasteiger partial charge in [-0.25, -0.2) is 0 Å². The third kappa shape index (κ3) is 4.13. The van der Waals surface area contributed by atoms with Crippen LogP contribution in [0.1, 0.15) is 10.4 Å². The monoisotopic (exact) mass is 305 g/mol. The summed E-state index contributed by atoms with van der Waals surface area (Å²) in [7, 11) is 1.58. The van der Waals surface area contributed by atoms with Gasteiger partial charge in [0.2, 0.25) is 0 Å². The maximum Gasteiger partial charge on any atom is 0.254 e. The molecule has 0 bridgehead atoms. The molecule has 21 heavy (non-hydrogen) atoms. The minimum Gasteiger partial charge on any atom is -0.489 e. The Labute approximate surface area is 128 Å². The topological polar surface area (TPSA) is 47.6 Å². The molecule has 2 aromatic rings. The standard InChI is InChI=1S/C16H16ClNO3/c1-18-16(19)12-6-2-4-8-14(12)20-10-11-21-15-9-5-3-7-13(15)17/h2-9H,10-11H2,1H3,(H,18,19). The highest BCUT2D eigenvalue weighted by Crippen LogP contribution is 2.23. The Morgan fingerprint density at radius 1 is 1.00 bits per heavy atom. The van der Waals surface area contributed by atoms with Gasteiger partial charge in [-0.1, -0.05) is 35.9 Å². The van der Waals surface area contributed by atoms with Crippen molar-refractivity contribution >= 4 is 17.5 Å². The Balaban J connectivity index is 1.90. The van der Waals surface area contributed by atoms with Crippen LogP contribution >= 0.6 is 11.6 Å². The van der Waals surface area contributed by atoms with E-state index in [9.17, 15) is 4.79 Å². The molecule has 0 aliphatic carbocycles. The summed E-state index contributed by atoms with van der Waals surface area (Å²) in [6.45, 7) is 0.658. The number of carbonyl (C=O) groups excluding carboxylic acids is 1. The Kier molecular flexibility index (Phi) is 5.46. The van der Waals surface area contributed by atoms with Gasteiger partial charge in [0, 0.05) is 7.05 Å². The van der Waals surface area contributed by atoms with Crippen LogP contribution in [0.15, 0.2) is 48.5 Å². The normalized spacial score (nSPS) is 10.0. The van der Waals surface area contributed by atoms with Crippen molar-refractivity contribution in [2.75, 3.05) is 20.3 Å². The van der Waals surface area contributed by atoms with Crippen LogP contribution in [0, 0.1) is 0 Å². The average Bonchev–Trinajstić information content (AvgIpc) is 2.52. The van der Waals surface area contributed by atoms with Crippen LogP contribution in [0.5, 0.6) is 11.5 Å². The molecule has 0 fully saturated rings. The van der Waals surface area contributed by atoms with E-state index < -0.39 is 0 Å². The zero-order valence-corrected chi connectivity index (χ0v) is 12.4. The molecule has 5 heteroatoms. The van der Waals surface area contributed by atoms with E-state index in [2.05, 4.69) is 5.32 Å². The van der Waals surface area contributed by atoms with Gasteiger partial charge in [-0.2, -0.15) is 0 Å². The molecule has 0 unspecified atom stereocenters. The molecule has 0 saturated heterocycles. The lowest BCUT2D eigenvalue weighted by Gasteiger charge is -2.11. The second-order valence-electron chi connectivity index (χ2n) is 4.20. The molecule has 110 valence electrons. The molecule has 0 saturated carbocycles. The van der Waals surface area contributed by atoms with Crippen molar-refractivity contribution in [3.8, 4) is 11.5 Å². The molecule has 0 aliphatic rings. The zero-order chi connectivity index (χ0) is 15.1. The van der Waals surface area contributed by atoms with E-state index in [4.69, 9.17) is 21.1 Å². The Morgan fingerprint density at radius 3 is 2.24 bits per heavy atom. The van der Waals surface area contributed by atoms with Gasteiger partial charge in [-0.3, -0.25) is 4.79 Å². The smallest absolute Gasteiger partial charge is 0.254 e. The second-order valence-corrected chi connectivity index (χ2v) is 4.61. The molecule has 0 aliphatic heterocycles. The van der Waals surface area contributed by atoms with Gasteiger partial charge < -0.3 is 14.8 Å². The quantitative estimate of drug-likeness (QED) is 0.834. The van der Waals surface area contributed by atoms with Crippen molar-refractivity contribution in [2.24, 2.45) is 0 Å². The van der Waals surface area contributed by atoms with Gasteiger partial charge in [0.05, 0.1) is 10.6 Å². The van der Waals surface area contributed by atoms with Gasteiger partial charge >= 0.3 is 0 Å². The molecule has 0 atom stereocenters. The van der Waals surface area contributed by atoms with Crippen molar-refractivity contribution < 1.29 is 14.3 Å². The molecular weight excluding hydrogens is 290 g/mol. The predicted octanol–water partition coefficient (Wildman–Crippen LogP) is 3.16. The minimum atomic E-state index is -0.183. The summed E-state index contributed by atoms with van der Waals surface area (Å²) in [4.78, 5) is 11.7. The van der Waals surface area contributed by atoms with Crippen LogP contribution < -0.4 is 14.8 Å². The highest BCUT2D eigenvalue weighted by molar-refractivity contribution is 6.32. The number of carbonyl (C=O) groups is 1. The number of para-hydroxylation sites is 2. The first-order valence-corrected chi connectivity index (χ1v) is 6.91. The van der Waals surface area contributed by atoms with Crippen molar-refractivity contribution in [3.63, 3.8) is 0 Å². The molecule has 0 spiro atoms. The molecule has 2 aromatic carbocycles. The first-order chi connectivity index (χ1) is 10.2. The average molecular weight is 306 g/mol. The van der Waals surface area contributed by atoms with E-state index in [0.29, 0.717) is 35.3 Å². The summed E-state index contributed by atoms with van der Waals surface area (Å²) in [5.74, 6) is 0.958. The first kappa shape index (κ1) is 15.2. The number of amides is 1. The number of nitrogens with one attached hydrogen (secondary N) is 1. The lowest BCUT2D eigenvalue weighted by Crippen LogP contribution is -2.19. The van der Waals surface area contributed by atoms with Gasteiger partial charge in [0.1, 0.15) is 24.7 Å². The summed E-state index contributed by atoms with van der Waals surface area (Å²) in [5.41, 5.74) is 0.498. The highest BCUT2D eigenvalue weighted by Gasteiger charge is 2.10. The van der Waals surface area contributed by atoms with Crippen LogP contribution in [0.4, 0.5) is 0 Å². The summed E-state index contributed by atoms with van der Waals surface area (Å²) in [5, 5.41) is 3.14. The Hall–Kier alpha value is -2.20. The third-order valence-corrected chi connectivity index (χ3v) is 3.11. The SMILES string of the molecule is CNC(=O)c1ccccc1OCCOc1ccccc1Cl. The molecular formula is C16H16ClNO3. The summed E-state index contributed by atoms with van der Waals surface area (Å²) < 4.78 is 11.1. The fourth-order valence-electron chi connectivity index (χ4n) is 1.78. The molecule has 1 N–H and O–H groups in total. The largest absolute Gasteiger partial charge is 0.489 e. The number of hydrogen-bond acceptors (Lipinski definition) is 3. The Morgan fingerprint density at radius 2 is 1.57 bits per heavy atom. The summed E-state index contributed by atoms with van der Waals surface area (Å²) in [6.07, 6.45) is 0. The molecule has 4 nitrogen and oxygen atoms in total. The van der Waals surface area contributed by atoms with E-state index in [1.165, 1.54) is 0 Å². The van der Waals surface area contributed by atoms with Gasteiger partial charge in [0.15, 0.2) is 0 Å². The first-order valence-electron chi connectivity index (χ1n) is 6.53. The number of halogens is 1. The van der Waals surface area contributed by atoms with E-state index in [0.717, 1.165) is 0 Å². The molecule has 0 aromatic heterocycles. The van der Waals surface area contributed by atoms with E-state index in [1.54, 1.807) is 37.4 Å². The lowest BCUT2D eigenvalue weighted by molar-refractivity contribution is 0.0958. The van der Waals surface area contributed by atoms with Gasteiger partial charge in [0.25, 0.3) is 5.91 Å². The summed E-state index contributed by atoms with van der Waals surface area (Å²) in [6, 6.07) is 14.3. The third-order valence-electron chi connectivity index (χ3n) is 2.79. The van der Waals surface area contributed by atoms with Crippen molar-refractivity contribution in [1.82, 2.24) is 5.32 Å². The fourth-order valence-corrected chi connectivity index (χ4v) is 1.97. The van der Waals surface area contributed by atoms with E-state index in [1.807, 2.05) is 18.2 Å². The van der Waals surface area contributed by atoms with Gasteiger partial charge in [-0.15, -0.1) is 0 Å². The van der Waals surface area contributed by atoms with Gasteiger partial charge in [-0.05, 0) is 24.3 Å². The number of ether oxygens (including phenoxy) is 2. The molecule has 2 rings (SSSR count). The minimum absolute atomic E-state index is 0.183. The van der Waals surface area contributed by atoms with Crippen LogP contribution in [0.2, 0.25) is 5.02 Å². The number of rotatable bonds is 6. The van der Waals surface area contributed by atoms with Crippen molar-refractivity contribution in [3.05, 3.63) is 59.1 Å². The number of benzene rings is 2. The summed E-state index contributed by atoms with van der Waals surface area (Å²) >= 11 is 5.99. The fraction of sp³-hybridized carbons (Fsp3) is 0.188. The zero-order valence-electron chi connectivity index (χ0n) is 11.6. The van der Waals surface area contributed by atoms with E-state index >= 15 is 0 Å². The van der Waals surface area contributed by atoms with Crippen molar-refractivity contribution in [1.29, 1.82) is 0 Å². The molecule has 1 amide bonds. The van der Waals surface area contributed by atoms with Crippen molar-refractivity contribution in [2.45, 2.75) is 0 Å². The van der Waals surface area contributed by atoms with Crippen LogP contribution in [-0.2, 0) is 0 Å². The van der Waals surface area contributed by atoms with Crippen LogP contribution in [-0.4, -0.2) is 26.2 Å². The lowest BCUT2D eigenvalue weighted by atomic mass is 10.2. The van der Waals surface area contributed by atoms with Crippen LogP contribution in [0.25, 0.3) is 0 Å².